The van der Waals surface area contributed by atoms with E-state index in [0.29, 0.717) is 12.0 Å². The van der Waals surface area contributed by atoms with Crippen LogP contribution in [0, 0.1) is 11.8 Å². The second-order valence-electron chi connectivity index (χ2n) is 6.35. The predicted molar refractivity (Wildman–Crippen MR) is 80.4 cm³/mol. The molecule has 1 saturated heterocycles. The Morgan fingerprint density at radius 1 is 1.11 bits per heavy atom. The minimum absolute atomic E-state index is 0.352. The molecule has 0 radical (unpaired) electrons. The minimum Gasteiger partial charge on any atom is -0.327 e. The van der Waals surface area contributed by atoms with Crippen LogP contribution in [0.1, 0.15) is 24.8 Å². The Morgan fingerprint density at radius 2 is 1.84 bits per heavy atom. The van der Waals surface area contributed by atoms with Crippen molar-refractivity contribution < 1.29 is 0 Å². The number of hydrogen-bond acceptors (Lipinski definition) is 2. The van der Waals surface area contributed by atoms with E-state index in [1.807, 2.05) is 12.1 Å². The second kappa shape index (κ2) is 5.82. The van der Waals surface area contributed by atoms with E-state index in [1.165, 1.54) is 31.5 Å². The van der Waals surface area contributed by atoms with Gasteiger partial charge in [-0.3, -0.25) is 0 Å². The smallest absolute Gasteiger partial charge is 0.0406 e. The molecule has 1 heterocycles. The van der Waals surface area contributed by atoms with Crippen LogP contribution >= 0.6 is 11.6 Å². The molecule has 2 fully saturated rings. The van der Waals surface area contributed by atoms with Crippen LogP contribution in [0.15, 0.2) is 24.3 Å². The maximum atomic E-state index is 6.23. The third-order valence-electron chi connectivity index (χ3n) is 4.30. The Morgan fingerprint density at radius 3 is 2.53 bits per heavy atom. The fraction of sp³-hybridized carbons (Fsp3) is 0.625. The summed E-state index contributed by atoms with van der Waals surface area (Å²) in [4.78, 5) is 2.59. The Hall–Kier alpha value is -0.570. The topological polar surface area (TPSA) is 29.3 Å². The molecule has 0 aromatic heterocycles. The molecule has 0 spiro atoms. The lowest BCUT2D eigenvalue weighted by Crippen LogP contribution is -2.48. The van der Waals surface area contributed by atoms with Crippen molar-refractivity contribution in [3.8, 4) is 0 Å². The second-order valence-corrected chi connectivity index (χ2v) is 6.79. The third kappa shape index (κ3) is 3.95. The average molecular weight is 279 g/mol. The molecule has 104 valence electrons. The first-order valence-electron chi connectivity index (χ1n) is 7.41. The van der Waals surface area contributed by atoms with Crippen LogP contribution < -0.4 is 5.73 Å². The molecule has 2 aliphatic rings. The summed E-state index contributed by atoms with van der Waals surface area (Å²) in [7, 11) is 0. The first-order valence-corrected chi connectivity index (χ1v) is 7.79. The van der Waals surface area contributed by atoms with Crippen LogP contribution in [0.25, 0.3) is 0 Å². The molecule has 2 nitrogen and oxygen atoms in total. The summed E-state index contributed by atoms with van der Waals surface area (Å²) in [5.74, 6) is 1.66. The summed E-state index contributed by atoms with van der Waals surface area (Å²) in [6, 6.07) is 8.62. The van der Waals surface area contributed by atoms with Crippen molar-refractivity contribution in [1.82, 2.24) is 4.90 Å². The van der Waals surface area contributed by atoms with Gasteiger partial charge in [0.05, 0.1) is 0 Å². The number of rotatable bonds is 4. The Balaban J connectivity index is 1.57. The van der Waals surface area contributed by atoms with Gasteiger partial charge in [0.15, 0.2) is 0 Å². The number of likely N-dealkylation sites (tertiary alicyclic amines) is 1. The van der Waals surface area contributed by atoms with Gasteiger partial charge in [-0.15, -0.1) is 0 Å². The molecular formula is C16H23ClN2. The Bertz CT molecular complexity index is 411. The predicted octanol–water partition coefficient (Wildman–Crippen LogP) is 2.94. The zero-order valence-corrected chi connectivity index (χ0v) is 12.1. The van der Waals surface area contributed by atoms with E-state index in [4.69, 9.17) is 17.3 Å². The molecule has 3 rings (SSSR count). The summed E-state index contributed by atoms with van der Waals surface area (Å²) in [5.41, 5.74) is 7.61. The molecule has 1 aromatic rings. The Labute approximate surface area is 120 Å². The number of nitrogens with two attached hydrogens (primary N) is 1. The van der Waals surface area contributed by atoms with Crippen molar-refractivity contribution in [2.45, 2.75) is 31.7 Å². The molecule has 1 aliphatic heterocycles. The summed E-state index contributed by atoms with van der Waals surface area (Å²) in [5, 5.41) is 0.819. The van der Waals surface area contributed by atoms with E-state index in [1.54, 1.807) is 0 Å². The summed E-state index contributed by atoms with van der Waals surface area (Å²) >= 11 is 5.94. The van der Waals surface area contributed by atoms with Gasteiger partial charge in [-0.05, 0) is 55.2 Å². The fourth-order valence-corrected chi connectivity index (χ4v) is 3.39. The molecule has 0 amide bonds. The van der Waals surface area contributed by atoms with Gasteiger partial charge in [0.1, 0.15) is 0 Å². The van der Waals surface area contributed by atoms with Gasteiger partial charge < -0.3 is 10.6 Å². The van der Waals surface area contributed by atoms with Gasteiger partial charge in [-0.25, -0.2) is 0 Å². The highest BCUT2D eigenvalue weighted by Gasteiger charge is 2.30. The fourth-order valence-electron chi connectivity index (χ4n) is 3.26. The maximum Gasteiger partial charge on any atom is 0.0406 e. The number of nitrogens with zero attached hydrogens (tertiary/aromatic N) is 1. The molecule has 1 aliphatic carbocycles. The SMILES string of the molecule is NC1CC(Cc2ccc(Cl)cc2)CN(CC2CC2)C1. The molecule has 2 atom stereocenters. The molecule has 1 saturated carbocycles. The summed E-state index contributed by atoms with van der Waals surface area (Å²) < 4.78 is 0. The van der Waals surface area contributed by atoms with Crippen LogP contribution in [-0.2, 0) is 6.42 Å². The lowest BCUT2D eigenvalue weighted by atomic mass is 9.89. The highest BCUT2D eigenvalue weighted by Crippen LogP contribution is 2.31. The van der Waals surface area contributed by atoms with Crippen molar-refractivity contribution in [3.63, 3.8) is 0 Å². The third-order valence-corrected chi connectivity index (χ3v) is 4.55. The number of halogens is 1. The lowest BCUT2D eigenvalue weighted by molar-refractivity contribution is 0.150. The highest BCUT2D eigenvalue weighted by molar-refractivity contribution is 6.30. The standard InChI is InChI=1S/C16H23ClN2/c17-15-5-3-12(4-6-15)7-14-8-16(18)11-19(10-14)9-13-1-2-13/h3-6,13-14,16H,1-2,7-11,18H2. The van der Waals surface area contributed by atoms with Gasteiger partial charge in [-0.1, -0.05) is 23.7 Å². The van der Waals surface area contributed by atoms with Crippen molar-refractivity contribution in [3.05, 3.63) is 34.9 Å². The maximum absolute atomic E-state index is 6.23. The van der Waals surface area contributed by atoms with Crippen LogP contribution in [-0.4, -0.2) is 30.6 Å². The normalized spacial score (nSPS) is 28.5. The molecular weight excluding hydrogens is 256 g/mol. The van der Waals surface area contributed by atoms with Crippen molar-refractivity contribution in [2.75, 3.05) is 19.6 Å². The van der Waals surface area contributed by atoms with E-state index in [-0.39, 0.29) is 0 Å². The van der Waals surface area contributed by atoms with Crippen LogP contribution in [0.4, 0.5) is 0 Å². The van der Waals surface area contributed by atoms with E-state index in [2.05, 4.69) is 17.0 Å². The van der Waals surface area contributed by atoms with Gasteiger partial charge in [0.2, 0.25) is 0 Å². The number of piperidine rings is 1. The largest absolute Gasteiger partial charge is 0.327 e. The molecule has 19 heavy (non-hydrogen) atoms. The molecule has 3 heteroatoms. The first kappa shape index (κ1) is 13.4. The highest BCUT2D eigenvalue weighted by atomic mass is 35.5. The van der Waals surface area contributed by atoms with E-state index < -0.39 is 0 Å². The number of hydrogen-bond donors (Lipinski definition) is 1. The van der Waals surface area contributed by atoms with Crippen molar-refractivity contribution in [2.24, 2.45) is 17.6 Å². The molecule has 2 N–H and O–H groups in total. The number of benzene rings is 1. The summed E-state index contributed by atoms with van der Waals surface area (Å²) in [6.45, 7) is 3.57. The minimum atomic E-state index is 0.352. The van der Waals surface area contributed by atoms with Crippen LogP contribution in [0.5, 0.6) is 0 Å². The zero-order chi connectivity index (χ0) is 13.2. The molecule has 1 aromatic carbocycles. The average Bonchev–Trinajstić information content (AvgIpc) is 3.15. The van der Waals surface area contributed by atoms with Crippen LogP contribution in [0.3, 0.4) is 0 Å². The van der Waals surface area contributed by atoms with Gasteiger partial charge >= 0.3 is 0 Å². The quantitative estimate of drug-likeness (QED) is 0.918. The Kier molecular flexibility index (Phi) is 4.11. The van der Waals surface area contributed by atoms with E-state index in [9.17, 15) is 0 Å². The summed E-state index contributed by atoms with van der Waals surface area (Å²) in [6.07, 6.45) is 5.14. The van der Waals surface area contributed by atoms with E-state index in [0.717, 1.165) is 30.3 Å². The molecule has 2 unspecified atom stereocenters. The zero-order valence-electron chi connectivity index (χ0n) is 11.4. The van der Waals surface area contributed by atoms with Crippen molar-refractivity contribution >= 4 is 11.6 Å². The lowest BCUT2D eigenvalue weighted by Gasteiger charge is -2.36. The van der Waals surface area contributed by atoms with Gasteiger partial charge in [-0.2, -0.15) is 0 Å². The molecule has 0 bridgehead atoms. The monoisotopic (exact) mass is 278 g/mol. The van der Waals surface area contributed by atoms with Crippen LogP contribution in [0.2, 0.25) is 5.02 Å². The van der Waals surface area contributed by atoms with Gasteiger partial charge in [0, 0.05) is 30.7 Å². The van der Waals surface area contributed by atoms with E-state index >= 15 is 0 Å². The van der Waals surface area contributed by atoms with Gasteiger partial charge in [0.25, 0.3) is 0 Å². The first-order chi connectivity index (χ1) is 9.19. The van der Waals surface area contributed by atoms with Crippen molar-refractivity contribution in [1.29, 1.82) is 0 Å².